The fraction of sp³-hybridized carbons (Fsp3) is 0.267. The first-order chi connectivity index (χ1) is 10.9. The Hall–Kier alpha value is -2.35. The van der Waals surface area contributed by atoms with E-state index in [0.717, 1.165) is 0 Å². The van der Waals surface area contributed by atoms with E-state index in [-0.39, 0.29) is 24.0 Å². The molecule has 0 saturated carbocycles. The fourth-order valence-corrected chi connectivity index (χ4v) is 2.34. The van der Waals surface area contributed by atoms with E-state index in [9.17, 15) is 14.0 Å². The van der Waals surface area contributed by atoms with Crippen molar-refractivity contribution in [3.63, 3.8) is 0 Å². The number of thioether (sulfide) groups is 1. The molecule has 0 aliphatic rings. The largest absolute Gasteiger partial charge is 0.451 e. The second-order valence-electron chi connectivity index (χ2n) is 4.81. The zero-order valence-electron chi connectivity index (χ0n) is 12.9. The highest BCUT2D eigenvalue weighted by Gasteiger charge is 2.20. The minimum atomic E-state index is -0.669. The fourth-order valence-electron chi connectivity index (χ4n) is 1.79. The minimum absolute atomic E-state index is 0.174. The maximum Gasteiger partial charge on any atom is 0.357 e. The average Bonchev–Trinajstić information content (AvgIpc) is 2.96. The lowest BCUT2D eigenvalue weighted by molar-refractivity contribution is -0.131. The Morgan fingerprint density at radius 1 is 1.30 bits per heavy atom. The van der Waals surface area contributed by atoms with Gasteiger partial charge in [0.05, 0.1) is 6.20 Å². The van der Waals surface area contributed by atoms with Gasteiger partial charge in [0, 0.05) is 19.8 Å². The Morgan fingerprint density at radius 3 is 2.52 bits per heavy atom. The Morgan fingerprint density at radius 2 is 1.96 bits per heavy atom. The lowest BCUT2D eigenvalue weighted by atomic mass is 10.3. The summed E-state index contributed by atoms with van der Waals surface area (Å²) in [5.74, 6) is -1.37. The van der Waals surface area contributed by atoms with E-state index in [1.807, 2.05) is 6.26 Å². The second-order valence-corrected chi connectivity index (χ2v) is 5.58. The van der Waals surface area contributed by atoms with Crippen molar-refractivity contribution in [2.45, 2.75) is 5.16 Å². The lowest BCUT2D eigenvalue weighted by Gasteiger charge is -2.12. The van der Waals surface area contributed by atoms with Gasteiger partial charge in [0.25, 0.3) is 5.91 Å². The van der Waals surface area contributed by atoms with Crippen molar-refractivity contribution < 1.29 is 18.7 Å². The molecule has 0 spiro atoms. The molecular weight excluding hydrogens is 321 g/mol. The minimum Gasteiger partial charge on any atom is -0.451 e. The summed E-state index contributed by atoms with van der Waals surface area (Å²) in [7, 11) is 3.15. The van der Waals surface area contributed by atoms with E-state index in [2.05, 4.69) is 4.98 Å². The van der Waals surface area contributed by atoms with E-state index in [4.69, 9.17) is 4.74 Å². The Balaban J connectivity index is 2.29. The van der Waals surface area contributed by atoms with Crippen molar-refractivity contribution in [2.75, 3.05) is 27.0 Å². The highest BCUT2D eigenvalue weighted by atomic mass is 32.2. The molecule has 2 rings (SSSR count). The van der Waals surface area contributed by atoms with Gasteiger partial charge in [-0.25, -0.2) is 14.2 Å². The van der Waals surface area contributed by atoms with E-state index >= 15 is 0 Å². The zero-order valence-corrected chi connectivity index (χ0v) is 13.8. The molecule has 1 amide bonds. The number of nitrogens with zero attached hydrogens (tertiary/aromatic N) is 3. The molecule has 1 aromatic carbocycles. The molecule has 23 heavy (non-hydrogen) atoms. The highest BCUT2D eigenvalue weighted by Crippen LogP contribution is 2.22. The number of benzene rings is 1. The van der Waals surface area contributed by atoms with Crippen LogP contribution < -0.4 is 0 Å². The quantitative estimate of drug-likeness (QED) is 0.617. The number of carbonyl (C=O) groups is 2. The average molecular weight is 337 g/mol. The number of ether oxygens (including phenoxy) is 1. The standard InChI is InChI=1S/C15H16FN3O3S/c1-18(2)13(20)9-22-14(21)12-8-17-15(23-3)19(12)11-6-4-10(16)5-7-11/h4-8H,9H2,1-3H3. The van der Waals surface area contributed by atoms with Crippen LogP contribution in [-0.2, 0) is 9.53 Å². The Kier molecular flexibility index (Phi) is 5.38. The SMILES string of the molecule is CSc1ncc(C(=O)OCC(=O)N(C)C)n1-c1ccc(F)cc1. The van der Waals surface area contributed by atoms with E-state index in [1.165, 1.54) is 35.0 Å². The van der Waals surface area contributed by atoms with Crippen LogP contribution in [0.25, 0.3) is 5.69 Å². The topological polar surface area (TPSA) is 64.4 Å². The predicted octanol–water partition coefficient (Wildman–Crippen LogP) is 1.98. The van der Waals surface area contributed by atoms with Crippen LogP contribution in [0.5, 0.6) is 0 Å². The summed E-state index contributed by atoms with van der Waals surface area (Å²) < 4.78 is 19.7. The van der Waals surface area contributed by atoms with Crippen LogP contribution in [-0.4, -0.2) is 53.3 Å². The summed E-state index contributed by atoms with van der Waals surface area (Å²) in [6, 6.07) is 5.67. The van der Waals surface area contributed by atoms with Crippen LogP contribution in [0.15, 0.2) is 35.6 Å². The molecule has 1 heterocycles. The van der Waals surface area contributed by atoms with Crippen LogP contribution in [0.2, 0.25) is 0 Å². The van der Waals surface area contributed by atoms with Crippen LogP contribution in [0.1, 0.15) is 10.5 Å². The smallest absolute Gasteiger partial charge is 0.357 e. The third-order valence-corrected chi connectivity index (χ3v) is 3.68. The Labute approximate surface area is 137 Å². The van der Waals surface area contributed by atoms with Crippen molar-refractivity contribution in [3.8, 4) is 5.69 Å². The third-order valence-electron chi connectivity index (χ3n) is 3.03. The summed E-state index contributed by atoms with van der Waals surface area (Å²) in [5.41, 5.74) is 0.756. The predicted molar refractivity (Wildman–Crippen MR) is 84.3 cm³/mol. The number of amides is 1. The summed E-state index contributed by atoms with van der Waals surface area (Å²) >= 11 is 1.34. The molecule has 0 bridgehead atoms. The number of likely N-dealkylation sites (N-methyl/N-ethyl adjacent to an activating group) is 1. The van der Waals surface area contributed by atoms with Gasteiger partial charge in [-0.1, -0.05) is 11.8 Å². The van der Waals surface area contributed by atoms with Crippen LogP contribution in [0.3, 0.4) is 0 Å². The second kappa shape index (κ2) is 7.28. The van der Waals surface area contributed by atoms with Gasteiger partial charge in [-0.05, 0) is 30.5 Å². The molecule has 0 radical (unpaired) electrons. The summed E-state index contributed by atoms with van der Waals surface area (Å²) in [4.78, 5) is 29.2. The molecule has 2 aromatic rings. The molecule has 1 aromatic heterocycles. The van der Waals surface area contributed by atoms with Gasteiger partial charge in [-0.2, -0.15) is 0 Å². The van der Waals surface area contributed by atoms with Crippen molar-refractivity contribution in [1.29, 1.82) is 0 Å². The number of carbonyl (C=O) groups excluding carboxylic acids is 2. The molecule has 122 valence electrons. The Bertz CT molecular complexity index is 713. The first-order valence-corrected chi connectivity index (χ1v) is 7.91. The molecule has 0 aliphatic heterocycles. The summed E-state index contributed by atoms with van der Waals surface area (Å²) in [5, 5.41) is 0.558. The molecule has 6 nitrogen and oxygen atoms in total. The maximum atomic E-state index is 13.1. The van der Waals surface area contributed by atoms with Crippen molar-refractivity contribution >= 4 is 23.6 Å². The molecule has 0 fully saturated rings. The van der Waals surface area contributed by atoms with Gasteiger partial charge in [0.1, 0.15) is 5.82 Å². The summed E-state index contributed by atoms with van der Waals surface area (Å²) in [6.07, 6.45) is 3.19. The number of imidazole rings is 1. The highest BCUT2D eigenvalue weighted by molar-refractivity contribution is 7.98. The van der Waals surface area contributed by atoms with E-state index in [0.29, 0.717) is 10.8 Å². The number of hydrogen-bond acceptors (Lipinski definition) is 5. The van der Waals surface area contributed by atoms with E-state index in [1.54, 1.807) is 30.8 Å². The van der Waals surface area contributed by atoms with Gasteiger partial charge in [0.15, 0.2) is 17.5 Å². The molecule has 8 heteroatoms. The lowest BCUT2D eigenvalue weighted by Crippen LogP contribution is -2.28. The van der Waals surface area contributed by atoms with Crippen LogP contribution in [0, 0.1) is 5.82 Å². The van der Waals surface area contributed by atoms with Gasteiger partial charge >= 0.3 is 5.97 Å². The molecular formula is C15H16FN3O3S. The van der Waals surface area contributed by atoms with E-state index < -0.39 is 5.97 Å². The zero-order chi connectivity index (χ0) is 17.0. The van der Waals surface area contributed by atoms with Crippen molar-refractivity contribution in [1.82, 2.24) is 14.5 Å². The van der Waals surface area contributed by atoms with Crippen LogP contribution in [0.4, 0.5) is 4.39 Å². The maximum absolute atomic E-state index is 13.1. The normalized spacial score (nSPS) is 10.4. The number of hydrogen-bond donors (Lipinski definition) is 0. The van der Waals surface area contributed by atoms with Crippen molar-refractivity contribution in [2.24, 2.45) is 0 Å². The molecule has 0 N–H and O–H groups in total. The molecule has 0 unspecified atom stereocenters. The number of rotatable bonds is 5. The van der Waals surface area contributed by atoms with Crippen LogP contribution >= 0.6 is 11.8 Å². The number of halogens is 1. The van der Waals surface area contributed by atoms with Gasteiger partial charge in [0.2, 0.25) is 0 Å². The molecule has 0 atom stereocenters. The first kappa shape index (κ1) is 17.0. The number of aromatic nitrogens is 2. The molecule has 0 aliphatic carbocycles. The third kappa shape index (κ3) is 3.89. The number of esters is 1. The van der Waals surface area contributed by atoms with Gasteiger partial charge in [-0.3, -0.25) is 9.36 Å². The monoisotopic (exact) mass is 337 g/mol. The molecule has 0 saturated heterocycles. The first-order valence-electron chi connectivity index (χ1n) is 6.69. The van der Waals surface area contributed by atoms with Crippen molar-refractivity contribution in [3.05, 3.63) is 42.0 Å². The summed E-state index contributed by atoms with van der Waals surface area (Å²) in [6.45, 7) is -0.352. The van der Waals surface area contributed by atoms with Gasteiger partial charge < -0.3 is 9.64 Å². The van der Waals surface area contributed by atoms with Gasteiger partial charge in [-0.15, -0.1) is 0 Å².